The van der Waals surface area contributed by atoms with Gasteiger partial charge in [-0.1, -0.05) is 27.7 Å². The topological polar surface area (TPSA) is 46.3 Å². The van der Waals surface area contributed by atoms with Gasteiger partial charge in [0, 0.05) is 13.1 Å². The lowest BCUT2D eigenvalue weighted by Crippen LogP contribution is -2.62. The van der Waals surface area contributed by atoms with E-state index in [0.717, 1.165) is 13.1 Å². The summed E-state index contributed by atoms with van der Waals surface area (Å²) in [6.45, 7) is 10.3. The Morgan fingerprint density at radius 3 is 2.46 bits per heavy atom. The van der Waals surface area contributed by atoms with Crippen LogP contribution in [0.1, 0.15) is 27.7 Å². The Morgan fingerprint density at radius 1 is 1.62 bits per heavy atom. The number of carbonyl (C=O) groups excluding carboxylic acids is 1. The molecule has 2 atom stereocenters. The molecular formula is C10H20N2O. The number of rotatable bonds is 2. The molecule has 0 spiro atoms. The predicted octanol–water partition coefficient (Wildman–Crippen LogP) is 0.838. The van der Waals surface area contributed by atoms with E-state index in [1.165, 1.54) is 0 Å². The molecule has 13 heavy (non-hydrogen) atoms. The van der Waals surface area contributed by atoms with Gasteiger partial charge in [-0.3, -0.25) is 4.79 Å². The molecule has 0 aromatic rings. The van der Waals surface area contributed by atoms with Gasteiger partial charge in [-0.2, -0.15) is 0 Å². The first-order valence-electron chi connectivity index (χ1n) is 4.86. The van der Waals surface area contributed by atoms with Crippen molar-refractivity contribution in [3.63, 3.8) is 0 Å². The lowest BCUT2D eigenvalue weighted by atomic mass is 9.81. The molecule has 1 aliphatic heterocycles. The van der Waals surface area contributed by atoms with E-state index in [1.807, 2.05) is 4.90 Å². The van der Waals surface area contributed by atoms with Crippen molar-refractivity contribution in [1.82, 2.24) is 4.90 Å². The van der Waals surface area contributed by atoms with E-state index in [-0.39, 0.29) is 17.4 Å². The summed E-state index contributed by atoms with van der Waals surface area (Å²) in [5.74, 6) is 0.625. The molecule has 1 amide bonds. The zero-order valence-electron chi connectivity index (χ0n) is 9.00. The lowest BCUT2D eigenvalue weighted by Gasteiger charge is -2.40. The summed E-state index contributed by atoms with van der Waals surface area (Å²) in [5, 5.41) is 0. The summed E-state index contributed by atoms with van der Waals surface area (Å²) in [6, 6.07) is -0.229. The summed E-state index contributed by atoms with van der Waals surface area (Å²) in [5.41, 5.74) is 5.77. The summed E-state index contributed by atoms with van der Waals surface area (Å²) < 4.78 is 0. The van der Waals surface area contributed by atoms with Crippen molar-refractivity contribution in [2.24, 2.45) is 17.1 Å². The molecule has 1 saturated heterocycles. The standard InChI is InChI=1S/C10H20N2O/c1-7(10(2,3)4)5-12-6-8(11)9(12)13/h7-8H,5-6,11H2,1-4H3. The third-order valence-corrected chi connectivity index (χ3v) is 3.02. The molecule has 1 fully saturated rings. The first-order chi connectivity index (χ1) is 5.82. The monoisotopic (exact) mass is 184 g/mol. The molecule has 0 radical (unpaired) electrons. The van der Waals surface area contributed by atoms with Crippen LogP contribution in [0.5, 0.6) is 0 Å². The van der Waals surface area contributed by atoms with Crippen molar-refractivity contribution in [2.75, 3.05) is 13.1 Å². The van der Waals surface area contributed by atoms with Crippen LogP contribution in [0, 0.1) is 11.3 Å². The molecule has 0 saturated carbocycles. The maximum atomic E-state index is 11.2. The average molecular weight is 184 g/mol. The Balaban J connectivity index is 2.39. The second kappa shape index (κ2) is 3.29. The van der Waals surface area contributed by atoms with Crippen LogP contribution in [0.2, 0.25) is 0 Å². The van der Waals surface area contributed by atoms with Crippen LogP contribution in [-0.2, 0) is 4.79 Å². The molecule has 1 heterocycles. The molecule has 0 aromatic carbocycles. The summed E-state index contributed by atoms with van der Waals surface area (Å²) in [4.78, 5) is 13.1. The minimum atomic E-state index is -0.229. The quantitative estimate of drug-likeness (QED) is 0.646. The number of likely N-dealkylation sites (tertiary alicyclic amines) is 1. The Hall–Kier alpha value is -0.570. The zero-order valence-corrected chi connectivity index (χ0v) is 9.00. The molecule has 76 valence electrons. The SMILES string of the molecule is CC(CN1CC(N)C1=O)C(C)(C)C. The summed E-state index contributed by atoms with van der Waals surface area (Å²) in [7, 11) is 0. The van der Waals surface area contributed by atoms with Gasteiger partial charge in [0.25, 0.3) is 0 Å². The molecule has 3 heteroatoms. The highest BCUT2D eigenvalue weighted by Crippen LogP contribution is 2.27. The highest BCUT2D eigenvalue weighted by Gasteiger charge is 2.35. The van der Waals surface area contributed by atoms with Gasteiger partial charge in [0.15, 0.2) is 0 Å². The first-order valence-corrected chi connectivity index (χ1v) is 4.86. The molecule has 2 unspecified atom stereocenters. The normalized spacial score (nSPS) is 25.8. The molecule has 0 bridgehead atoms. The second-order valence-electron chi connectivity index (χ2n) is 5.12. The molecule has 3 nitrogen and oxygen atoms in total. The predicted molar refractivity (Wildman–Crippen MR) is 53.2 cm³/mol. The third kappa shape index (κ3) is 2.21. The van der Waals surface area contributed by atoms with Gasteiger partial charge in [-0.05, 0) is 11.3 Å². The molecule has 2 N–H and O–H groups in total. The Morgan fingerprint density at radius 2 is 2.15 bits per heavy atom. The van der Waals surface area contributed by atoms with Crippen LogP contribution in [0.15, 0.2) is 0 Å². The van der Waals surface area contributed by atoms with E-state index in [1.54, 1.807) is 0 Å². The Kier molecular flexibility index (Phi) is 2.66. The summed E-state index contributed by atoms with van der Waals surface area (Å²) in [6.07, 6.45) is 0. The van der Waals surface area contributed by atoms with Crippen LogP contribution >= 0.6 is 0 Å². The van der Waals surface area contributed by atoms with Crippen LogP contribution in [0.25, 0.3) is 0 Å². The fraction of sp³-hybridized carbons (Fsp3) is 0.900. The minimum absolute atomic E-state index is 0.108. The fourth-order valence-electron chi connectivity index (χ4n) is 1.30. The van der Waals surface area contributed by atoms with Gasteiger partial charge in [0.2, 0.25) is 5.91 Å². The number of hydrogen-bond donors (Lipinski definition) is 1. The Bertz CT molecular complexity index is 207. The van der Waals surface area contributed by atoms with Crippen LogP contribution in [-0.4, -0.2) is 29.9 Å². The number of β-lactam (4-membered cyclic amide) rings is 1. The van der Waals surface area contributed by atoms with Gasteiger partial charge >= 0.3 is 0 Å². The van der Waals surface area contributed by atoms with Crippen molar-refractivity contribution in [1.29, 1.82) is 0 Å². The zero-order chi connectivity index (χ0) is 10.2. The van der Waals surface area contributed by atoms with E-state index < -0.39 is 0 Å². The van der Waals surface area contributed by atoms with Crippen molar-refractivity contribution < 1.29 is 4.79 Å². The summed E-state index contributed by atoms with van der Waals surface area (Å²) >= 11 is 0. The van der Waals surface area contributed by atoms with E-state index in [2.05, 4.69) is 27.7 Å². The highest BCUT2D eigenvalue weighted by atomic mass is 16.2. The van der Waals surface area contributed by atoms with Gasteiger partial charge in [-0.25, -0.2) is 0 Å². The van der Waals surface area contributed by atoms with Gasteiger partial charge in [0.1, 0.15) is 6.04 Å². The number of hydrogen-bond acceptors (Lipinski definition) is 2. The molecule has 0 aromatic heterocycles. The molecular weight excluding hydrogens is 164 g/mol. The average Bonchev–Trinajstić information content (AvgIpc) is 2.01. The van der Waals surface area contributed by atoms with Crippen LogP contribution in [0.3, 0.4) is 0 Å². The second-order valence-corrected chi connectivity index (χ2v) is 5.12. The van der Waals surface area contributed by atoms with Gasteiger partial charge < -0.3 is 10.6 Å². The third-order valence-electron chi connectivity index (χ3n) is 3.02. The molecule has 0 aliphatic carbocycles. The van der Waals surface area contributed by atoms with E-state index in [9.17, 15) is 4.79 Å². The molecule has 1 aliphatic rings. The van der Waals surface area contributed by atoms with E-state index >= 15 is 0 Å². The first kappa shape index (κ1) is 10.5. The number of amides is 1. The fourth-order valence-corrected chi connectivity index (χ4v) is 1.30. The number of nitrogens with two attached hydrogens (primary N) is 1. The largest absolute Gasteiger partial charge is 0.339 e. The molecule has 1 rings (SSSR count). The highest BCUT2D eigenvalue weighted by molar-refractivity contribution is 5.87. The maximum absolute atomic E-state index is 11.2. The van der Waals surface area contributed by atoms with Gasteiger partial charge in [0.05, 0.1) is 0 Å². The van der Waals surface area contributed by atoms with E-state index in [0.29, 0.717) is 5.92 Å². The number of nitrogens with zero attached hydrogens (tertiary/aromatic N) is 1. The van der Waals surface area contributed by atoms with Crippen molar-refractivity contribution in [3.8, 4) is 0 Å². The van der Waals surface area contributed by atoms with Crippen LogP contribution < -0.4 is 5.73 Å². The van der Waals surface area contributed by atoms with Crippen LogP contribution in [0.4, 0.5) is 0 Å². The van der Waals surface area contributed by atoms with Crippen molar-refractivity contribution in [2.45, 2.75) is 33.7 Å². The Labute approximate surface area is 80.3 Å². The van der Waals surface area contributed by atoms with E-state index in [4.69, 9.17) is 5.73 Å². The number of carbonyl (C=O) groups is 1. The minimum Gasteiger partial charge on any atom is -0.339 e. The van der Waals surface area contributed by atoms with Crippen molar-refractivity contribution in [3.05, 3.63) is 0 Å². The smallest absolute Gasteiger partial charge is 0.241 e. The van der Waals surface area contributed by atoms with Gasteiger partial charge in [-0.15, -0.1) is 0 Å². The van der Waals surface area contributed by atoms with Crippen molar-refractivity contribution >= 4 is 5.91 Å². The lowest BCUT2D eigenvalue weighted by molar-refractivity contribution is -0.143. The maximum Gasteiger partial charge on any atom is 0.241 e.